The van der Waals surface area contributed by atoms with E-state index in [9.17, 15) is 9.59 Å². The number of nitrogens with two attached hydrogens (primary N) is 1. The molecule has 3 N–H and O–H groups in total. The molecule has 0 saturated heterocycles. The number of aromatic amines is 1. The third-order valence-corrected chi connectivity index (χ3v) is 6.21. The van der Waals surface area contributed by atoms with Gasteiger partial charge in [-0.15, -0.1) is 0 Å². The summed E-state index contributed by atoms with van der Waals surface area (Å²) < 4.78 is 11.1. The van der Waals surface area contributed by atoms with Crippen LogP contribution in [0.2, 0.25) is 0 Å². The normalized spacial score (nSPS) is 10.9. The smallest absolute Gasteiger partial charge is 0.348 e. The molecule has 0 fully saturated rings. The van der Waals surface area contributed by atoms with E-state index in [-0.39, 0.29) is 11.7 Å². The first kappa shape index (κ1) is 23.0. The molecule has 0 saturated carbocycles. The van der Waals surface area contributed by atoms with Crippen LogP contribution < -0.4 is 11.4 Å². The summed E-state index contributed by atoms with van der Waals surface area (Å²) in [7, 11) is 0. The Morgan fingerprint density at radius 1 is 0.711 bits per heavy atom. The number of ketones is 1. The molecule has 4 aromatic carbocycles. The SMILES string of the molecule is Nc1oc2ccccc2c1C(=O)c1ccccc1.O=c1nc2oc3ccccc3c2c(-c2ccccc2)[nH]1. The van der Waals surface area contributed by atoms with Crippen molar-refractivity contribution in [3.05, 3.63) is 131 Å². The number of nitrogens with zero attached hydrogens (tertiary/aromatic N) is 1. The van der Waals surface area contributed by atoms with Crippen LogP contribution in [0.25, 0.3) is 44.3 Å². The van der Waals surface area contributed by atoms with Crippen LogP contribution in [-0.4, -0.2) is 15.8 Å². The Morgan fingerprint density at radius 3 is 2.00 bits per heavy atom. The Kier molecular flexibility index (Phi) is 5.78. The maximum atomic E-state index is 12.4. The van der Waals surface area contributed by atoms with Crippen LogP contribution in [0.15, 0.2) is 123 Å². The summed E-state index contributed by atoms with van der Waals surface area (Å²) in [5, 5.41) is 2.54. The van der Waals surface area contributed by atoms with E-state index >= 15 is 0 Å². The van der Waals surface area contributed by atoms with Gasteiger partial charge in [-0.25, -0.2) is 4.79 Å². The summed E-state index contributed by atoms with van der Waals surface area (Å²) in [4.78, 5) is 30.9. The highest BCUT2D eigenvalue weighted by Gasteiger charge is 2.19. The molecule has 3 aromatic heterocycles. The van der Waals surface area contributed by atoms with Gasteiger partial charge in [-0.05, 0) is 17.7 Å². The summed E-state index contributed by atoms with van der Waals surface area (Å²) in [6, 6.07) is 33.8. The highest BCUT2D eigenvalue weighted by Crippen LogP contribution is 2.33. The molecule has 184 valence electrons. The van der Waals surface area contributed by atoms with Crippen LogP contribution in [0.5, 0.6) is 0 Å². The number of hydrogen-bond donors (Lipinski definition) is 2. The topological polar surface area (TPSA) is 115 Å². The first-order valence-electron chi connectivity index (χ1n) is 11.9. The number of carbonyl (C=O) groups excluding carboxylic acids is 1. The standard InChI is InChI=1S/C16H10N2O2.C15H11NO2/c19-16-17-14(10-6-2-1-3-7-10)13-11-8-4-5-9-12(11)20-15(13)18-16;16-15-13(11-8-4-5-9-12(11)18-15)14(17)10-6-2-1-3-7-10/h1-9H,(H,17,18,19);1-9H,16H2. The molecule has 0 radical (unpaired) electrons. The quantitative estimate of drug-likeness (QED) is 0.265. The van der Waals surface area contributed by atoms with Gasteiger partial charge in [0.25, 0.3) is 0 Å². The molecule has 0 aliphatic rings. The van der Waals surface area contributed by atoms with Crippen molar-refractivity contribution in [2.45, 2.75) is 0 Å². The lowest BCUT2D eigenvalue weighted by Crippen LogP contribution is -2.10. The second kappa shape index (κ2) is 9.55. The minimum absolute atomic E-state index is 0.113. The van der Waals surface area contributed by atoms with Crippen molar-refractivity contribution in [1.29, 1.82) is 0 Å². The van der Waals surface area contributed by atoms with E-state index in [0.717, 1.165) is 33.0 Å². The molecule has 7 aromatic rings. The molecular formula is C31H21N3O4. The lowest BCUT2D eigenvalue weighted by atomic mass is 10.0. The minimum atomic E-state index is -0.407. The third kappa shape index (κ3) is 4.12. The van der Waals surface area contributed by atoms with Crippen molar-refractivity contribution in [2.24, 2.45) is 0 Å². The van der Waals surface area contributed by atoms with Crippen LogP contribution in [0.4, 0.5) is 5.88 Å². The number of nitrogen functional groups attached to an aromatic ring is 1. The van der Waals surface area contributed by atoms with Gasteiger partial charge in [0.05, 0.1) is 16.6 Å². The van der Waals surface area contributed by atoms with E-state index in [0.29, 0.717) is 22.4 Å². The summed E-state index contributed by atoms with van der Waals surface area (Å²) in [5.41, 5.74) is 9.85. The van der Waals surface area contributed by atoms with E-state index in [1.54, 1.807) is 18.2 Å². The second-order valence-electron chi connectivity index (χ2n) is 8.59. The number of para-hydroxylation sites is 2. The number of fused-ring (bicyclic) bond motifs is 4. The van der Waals surface area contributed by atoms with Crippen molar-refractivity contribution in [2.75, 3.05) is 5.73 Å². The highest BCUT2D eigenvalue weighted by molar-refractivity contribution is 6.19. The fourth-order valence-electron chi connectivity index (χ4n) is 4.50. The lowest BCUT2D eigenvalue weighted by Gasteiger charge is -2.02. The lowest BCUT2D eigenvalue weighted by molar-refractivity contribution is 0.104. The van der Waals surface area contributed by atoms with Crippen molar-refractivity contribution >= 4 is 44.7 Å². The van der Waals surface area contributed by atoms with Gasteiger partial charge in [-0.1, -0.05) is 97.1 Å². The zero-order valence-electron chi connectivity index (χ0n) is 20.0. The fraction of sp³-hybridized carbons (Fsp3) is 0. The Hall–Kier alpha value is -5.43. The molecule has 0 atom stereocenters. The molecule has 0 amide bonds. The van der Waals surface area contributed by atoms with E-state index in [2.05, 4.69) is 9.97 Å². The van der Waals surface area contributed by atoms with Crippen molar-refractivity contribution in [3.8, 4) is 11.3 Å². The number of aromatic nitrogens is 2. The van der Waals surface area contributed by atoms with Gasteiger partial charge in [0.2, 0.25) is 11.6 Å². The highest BCUT2D eigenvalue weighted by atomic mass is 16.3. The minimum Gasteiger partial charge on any atom is -0.440 e. The average Bonchev–Trinajstić information content (AvgIpc) is 3.50. The predicted molar refractivity (Wildman–Crippen MR) is 148 cm³/mol. The number of furan rings is 2. The third-order valence-electron chi connectivity index (χ3n) is 6.21. The monoisotopic (exact) mass is 499 g/mol. The van der Waals surface area contributed by atoms with Crippen LogP contribution in [0.1, 0.15) is 15.9 Å². The maximum Gasteiger partial charge on any atom is 0.348 e. The Balaban J connectivity index is 0.000000140. The Labute approximate surface area is 216 Å². The molecule has 0 bridgehead atoms. The molecular weight excluding hydrogens is 478 g/mol. The van der Waals surface area contributed by atoms with Crippen LogP contribution in [0, 0.1) is 0 Å². The summed E-state index contributed by atoms with van der Waals surface area (Å²) in [6.07, 6.45) is 0. The zero-order valence-corrected chi connectivity index (χ0v) is 20.0. The number of nitrogens with one attached hydrogen (secondary N) is 1. The molecule has 7 heteroatoms. The second-order valence-corrected chi connectivity index (χ2v) is 8.59. The molecule has 7 nitrogen and oxygen atoms in total. The van der Waals surface area contributed by atoms with E-state index < -0.39 is 5.69 Å². The van der Waals surface area contributed by atoms with Crippen LogP contribution in [-0.2, 0) is 0 Å². The van der Waals surface area contributed by atoms with Gasteiger partial charge in [0.15, 0.2) is 5.78 Å². The van der Waals surface area contributed by atoms with Gasteiger partial charge in [0, 0.05) is 16.3 Å². The summed E-state index contributed by atoms with van der Waals surface area (Å²) >= 11 is 0. The molecule has 0 spiro atoms. The van der Waals surface area contributed by atoms with Gasteiger partial charge < -0.3 is 19.6 Å². The average molecular weight is 500 g/mol. The van der Waals surface area contributed by atoms with E-state index in [1.165, 1.54) is 0 Å². The number of anilines is 1. The molecule has 0 unspecified atom stereocenters. The van der Waals surface area contributed by atoms with Crippen molar-refractivity contribution < 1.29 is 13.6 Å². The predicted octanol–water partition coefficient (Wildman–Crippen LogP) is 6.58. The van der Waals surface area contributed by atoms with Gasteiger partial charge >= 0.3 is 5.69 Å². The number of benzene rings is 4. The van der Waals surface area contributed by atoms with Gasteiger partial charge in [0.1, 0.15) is 11.2 Å². The first-order valence-corrected chi connectivity index (χ1v) is 11.9. The first-order chi connectivity index (χ1) is 18.6. The van der Waals surface area contributed by atoms with Crippen LogP contribution in [0.3, 0.4) is 0 Å². The van der Waals surface area contributed by atoms with Crippen LogP contribution >= 0.6 is 0 Å². The Morgan fingerprint density at radius 2 is 1.29 bits per heavy atom. The Bertz CT molecular complexity index is 1970. The molecule has 3 heterocycles. The fourth-order valence-corrected chi connectivity index (χ4v) is 4.50. The zero-order chi connectivity index (χ0) is 26.1. The van der Waals surface area contributed by atoms with Gasteiger partial charge in [-0.3, -0.25) is 4.79 Å². The van der Waals surface area contributed by atoms with E-state index in [4.69, 9.17) is 14.6 Å². The van der Waals surface area contributed by atoms with Gasteiger partial charge in [-0.2, -0.15) is 4.98 Å². The number of hydrogen-bond acceptors (Lipinski definition) is 6. The molecule has 38 heavy (non-hydrogen) atoms. The molecule has 0 aliphatic heterocycles. The molecule has 0 aliphatic carbocycles. The maximum absolute atomic E-state index is 12.4. The van der Waals surface area contributed by atoms with Crippen molar-refractivity contribution in [3.63, 3.8) is 0 Å². The number of carbonyl (C=O) groups is 1. The van der Waals surface area contributed by atoms with Crippen molar-refractivity contribution in [1.82, 2.24) is 9.97 Å². The molecule has 7 rings (SSSR count). The summed E-state index contributed by atoms with van der Waals surface area (Å²) in [5.74, 6) is 0.0584. The largest absolute Gasteiger partial charge is 0.440 e. The van der Waals surface area contributed by atoms with E-state index in [1.807, 2.05) is 91.0 Å². The summed E-state index contributed by atoms with van der Waals surface area (Å²) in [6.45, 7) is 0. The number of rotatable bonds is 3. The number of H-pyrrole nitrogens is 1.